The first-order valence-electron chi connectivity index (χ1n) is 4.49. The maximum absolute atomic E-state index is 12.9. The number of hydrogen-bond donors (Lipinski definition) is 3. The second kappa shape index (κ2) is 3.61. The van der Waals surface area contributed by atoms with Crippen LogP contribution in [0.25, 0.3) is 0 Å². The molecule has 0 amide bonds. The summed E-state index contributed by atoms with van der Waals surface area (Å²) >= 11 is 0. The molecular weight excluding hydrogens is 195 g/mol. The molecule has 0 aliphatic rings. The Morgan fingerprint density at radius 2 is 2.13 bits per heavy atom. The van der Waals surface area contributed by atoms with E-state index in [1.807, 2.05) is 6.07 Å². The zero-order valence-corrected chi connectivity index (χ0v) is 8.00. The minimum absolute atomic E-state index is 0.270. The summed E-state index contributed by atoms with van der Waals surface area (Å²) in [6.07, 6.45) is 0.478. The molecule has 4 nitrogen and oxygen atoms in total. The molecule has 0 saturated carbocycles. The van der Waals surface area contributed by atoms with Crippen molar-refractivity contribution in [2.45, 2.75) is 6.42 Å². The number of nitrogens with one attached hydrogen (secondary N) is 1. The molecule has 0 aliphatic carbocycles. The molecule has 1 aromatic carbocycles. The van der Waals surface area contributed by atoms with Crippen LogP contribution in [0.15, 0.2) is 24.3 Å². The molecule has 0 unspecified atom stereocenters. The van der Waals surface area contributed by atoms with E-state index < -0.39 is 0 Å². The average Bonchev–Trinajstić information content (AvgIpc) is 2.50. The van der Waals surface area contributed by atoms with Gasteiger partial charge in [0.2, 0.25) is 0 Å². The van der Waals surface area contributed by atoms with Crippen molar-refractivity contribution in [2.24, 2.45) is 0 Å². The SMILES string of the molecule is Nc1n[nH]c(N)c1Cc1cccc(F)c1. The second-order valence-electron chi connectivity index (χ2n) is 3.31. The van der Waals surface area contributed by atoms with E-state index in [1.54, 1.807) is 6.07 Å². The summed E-state index contributed by atoms with van der Waals surface area (Å²) in [6.45, 7) is 0. The van der Waals surface area contributed by atoms with Gasteiger partial charge in [-0.25, -0.2) is 4.39 Å². The lowest BCUT2D eigenvalue weighted by Crippen LogP contribution is -1.97. The fraction of sp³-hybridized carbons (Fsp3) is 0.100. The topological polar surface area (TPSA) is 80.7 Å². The third-order valence-corrected chi connectivity index (χ3v) is 2.20. The van der Waals surface area contributed by atoms with Crippen molar-refractivity contribution in [1.82, 2.24) is 10.2 Å². The van der Waals surface area contributed by atoms with Gasteiger partial charge in [-0.15, -0.1) is 0 Å². The van der Waals surface area contributed by atoms with Gasteiger partial charge in [-0.1, -0.05) is 12.1 Å². The molecule has 0 fully saturated rings. The number of rotatable bonds is 2. The molecule has 0 spiro atoms. The molecular formula is C10H11FN4. The molecule has 0 atom stereocenters. The summed E-state index contributed by atoms with van der Waals surface area (Å²) in [5.74, 6) is 0.515. The molecule has 0 bridgehead atoms. The molecule has 0 aliphatic heterocycles. The predicted molar refractivity (Wildman–Crippen MR) is 56.6 cm³/mol. The number of aromatic amines is 1. The molecule has 78 valence electrons. The van der Waals surface area contributed by atoms with Crippen molar-refractivity contribution >= 4 is 11.6 Å². The molecule has 2 aromatic rings. The Hall–Kier alpha value is -2.04. The van der Waals surface area contributed by atoms with Gasteiger partial charge in [0, 0.05) is 12.0 Å². The van der Waals surface area contributed by atoms with Gasteiger partial charge in [0.05, 0.1) is 0 Å². The highest BCUT2D eigenvalue weighted by Crippen LogP contribution is 2.19. The summed E-state index contributed by atoms with van der Waals surface area (Å²) < 4.78 is 12.9. The van der Waals surface area contributed by atoms with Crippen molar-refractivity contribution in [2.75, 3.05) is 11.5 Å². The zero-order chi connectivity index (χ0) is 10.8. The number of benzene rings is 1. The number of anilines is 2. The summed E-state index contributed by atoms with van der Waals surface area (Å²) in [5.41, 5.74) is 12.8. The van der Waals surface area contributed by atoms with Crippen molar-refractivity contribution in [3.05, 3.63) is 41.2 Å². The number of H-pyrrole nitrogens is 1. The third kappa shape index (κ3) is 1.90. The van der Waals surface area contributed by atoms with Crippen molar-refractivity contribution in [1.29, 1.82) is 0 Å². The first-order chi connectivity index (χ1) is 7.16. The lowest BCUT2D eigenvalue weighted by atomic mass is 10.1. The summed E-state index contributed by atoms with van der Waals surface area (Å²) in [7, 11) is 0. The van der Waals surface area contributed by atoms with Gasteiger partial charge >= 0.3 is 0 Å². The van der Waals surface area contributed by atoms with Gasteiger partial charge in [-0.2, -0.15) is 5.10 Å². The number of nitrogens with zero attached hydrogens (tertiary/aromatic N) is 1. The van der Waals surface area contributed by atoms with Crippen LogP contribution in [0, 0.1) is 5.82 Å². The highest BCUT2D eigenvalue weighted by Gasteiger charge is 2.08. The van der Waals surface area contributed by atoms with Gasteiger partial charge < -0.3 is 11.5 Å². The molecule has 5 N–H and O–H groups in total. The Labute approximate surface area is 86.1 Å². The highest BCUT2D eigenvalue weighted by atomic mass is 19.1. The van der Waals surface area contributed by atoms with E-state index in [-0.39, 0.29) is 5.82 Å². The van der Waals surface area contributed by atoms with E-state index in [0.29, 0.717) is 23.6 Å². The highest BCUT2D eigenvalue weighted by molar-refractivity contribution is 5.54. The lowest BCUT2D eigenvalue weighted by molar-refractivity contribution is 0.626. The summed E-state index contributed by atoms with van der Waals surface area (Å²) in [4.78, 5) is 0. The smallest absolute Gasteiger partial charge is 0.150 e. The molecule has 5 heteroatoms. The van der Waals surface area contributed by atoms with Crippen LogP contribution in [0.4, 0.5) is 16.0 Å². The number of aromatic nitrogens is 2. The average molecular weight is 206 g/mol. The van der Waals surface area contributed by atoms with Gasteiger partial charge in [0.15, 0.2) is 5.82 Å². The number of halogens is 1. The molecule has 1 aromatic heterocycles. The van der Waals surface area contributed by atoms with Crippen LogP contribution in [-0.4, -0.2) is 10.2 Å². The van der Waals surface area contributed by atoms with Crippen LogP contribution in [0.2, 0.25) is 0 Å². The van der Waals surface area contributed by atoms with Crippen LogP contribution in [-0.2, 0) is 6.42 Å². The second-order valence-corrected chi connectivity index (χ2v) is 3.31. The van der Waals surface area contributed by atoms with Crippen molar-refractivity contribution < 1.29 is 4.39 Å². The molecule has 2 rings (SSSR count). The Morgan fingerprint density at radius 3 is 2.73 bits per heavy atom. The first kappa shape index (κ1) is 9.51. The quantitative estimate of drug-likeness (QED) is 0.692. The number of hydrogen-bond acceptors (Lipinski definition) is 3. The van der Waals surface area contributed by atoms with E-state index in [0.717, 1.165) is 5.56 Å². The lowest BCUT2D eigenvalue weighted by Gasteiger charge is -2.01. The van der Waals surface area contributed by atoms with E-state index in [1.165, 1.54) is 12.1 Å². The molecule has 0 radical (unpaired) electrons. The van der Waals surface area contributed by atoms with Gasteiger partial charge in [0.25, 0.3) is 0 Å². The van der Waals surface area contributed by atoms with E-state index >= 15 is 0 Å². The standard InChI is InChI=1S/C10H11FN4/c11-7-3-1-2-6(4-7)5-8-9(12)14-15-10(8)13/h1-4H,5H2,(H5,12,13,14,15). The van der Waals surface area contributed by atoms with Crippen LogP contribution in [0.1, 0.15) is 11.1 Å². The van der Waals surface area contributed by atoms with Crippen LogP contribution >= 0.6 is 0 Å². The maximum Gasteiger partial charge on any atom is 0.150 e. The monoisotopic (exact) mass is 206 g/mol. The van der Waals surface area contributed by atoms with Gasteiger partial charge in [-0.3, -0.25) is 5.10 Å². The third-order valence-electron chi connectivity index (χ3n) is 2.20. The predicted octanol–water partition coefficient (Wildman–Crippen LogP) is 1.30. The first-order valence-corrected chi connectivity index (χ1v) is 4.49. The fourth-order valence-electron chi connectivity index (χ4n) is 1.43. The number of nitrogen functional groups attached to an aromatic ring is 2. The largest absolute Gasteiger partial charge is 0.384 e. The van der Waals surface area contributed by atoms with E-state index in [2.05, 4.69) is 10.2 Å². The molecule has 1 heterocycles. The molecule has 0 saturated heterocycles. The minimum Gasteiger partial charge on any atom is -0.384 e. The van der Waals surface area contributed by atoms with Crippen LogP contribution in [0.5, 0.6) is 0 Å². The zero-order valence-electron chi connectivity index (χ0n) is 8.00. The van der Waals surface area contributed by atoms with E-state index in [9.17, 15) is 4.39 Å². The van der Waals surface area contributed by atoms with Gasteiger partial charge in [0.1, 0.15) is 11.6 Å². The Balaban J connectivity index is 2.29. The van der Waals surface area contributed by atoms with Crippen molar-refractivity contribution in [3.8, 4) is 0 Å². The van der Waals surface area contributed by atoms with Crippen LogP contribution in [0.3, 0.4) is 0 Å². The Kier molecular flexibility index (Phi) is 2.29. The summed E-state index contributed by atoms with van der Waals surface area (Å²) in [6, 6.07) is 6.31. The van der Waals surface area contributed by atoms with Crippen molar-refractivity contribution in [3.63, 3.8) is 0 Å². The summed E-state index contributed by atoms with van der Waals surface area (Å²) in [5, 5.41) is 6.35. The molecule has 15 heavy (non-hydrogen) atoms. The maximum atomic E-state index is 12.9. The Bertz CT molecular complexity index is 459. The van der Waals surface area contributed by atoms with Crippen LogP contribution < -0.4 is 11.5 Å². The van der Waals surface area contributed by atoms with Gasteiger partial charge in [-0.05, 0) is 17.7 Å². The normalized spacial score (nSPS) is 10.5. The minimum atomic E-state index is -0.270. The van der Waals surface area contributed by atoms with E-state index in [4.69, 9.17) is 11.5 Å². The Morgan fingerprint density at radius 1 is 1.33 bits per heavy atom. The number of nitrogens with two attached hydrogens (primary N) is 2. The fourth-order valence-corrected chi connectivity index (χ4v) is 1.43.